The standard InChI is InChI=1S/C20H31N3OS.2ClH/c24-20(19-12-16-4-1-2-6-18(16)22-19)21-13-15-7-9-23(10-8-15)14-17-5-3-11-25-17;;/h3,5,11,15-16,18-19,22H,1-2,4,6-10,12-14H2,(H,21,24);2*1H. The van der Waals surface area contributed by atoms with Crippen molar-refractivity contribution in [2.24, 2.45) is 11.8 Å². The minimum absolute atomic E-state index is 0. The molecular formula is C20H33Cl2N3OS. The van der Waals surface area contributed by atoms with Gasteiger partial charge in [0.15, 0.2) is 0 Å². The van der Waals surface area contributed by atoms with E-state index in [4.69, 9.17) is 0 Å². The van der Waals surface area contributed by atoms with Crippen LogP contribution in [-0.2, 0) is 11.3 Å². The maximum absolute atomic E-state index is 12.5. The van der Waals surface area contributed by atoms with Crippen molar-refractivity contribution in [3.63, 3.8) is 0 Å². The van der Waals surface area contributed by atoms with Crippen LogP contribution in [0.4, 0.5) is 0 Å². The van der Waals surface area contributed by atoms with Crippen molar-refractivity contribution in [1.82, 2.24) is 15.5 Å². The Kier molecular flexibility index (Phi) is 9.36. The summed E-state index contributed by atoms with van der Waals surface area (Å²) in [6, 6.07) is 5.02. The van der Waals surface area contributed by atoms with Crippen LogP contribution in [0.1, 0.15) is 49.8 Å². The van der Waals surface area contributed by atoms with Crippen molar-refractivity contribution in [2.75, 3.05) is 19.6 Å². The summed E-state index contributed by atoms with van der Waals surface area (Å²) in [6.07, 6.45) is 8.70. The van der Waals surface area contributed by atoms with Crippen molar-refractivity contribution in [3.8, 4) is 0 Å². The summed E-state index contributed by atoms with van der Waals surface area (Å²) in [4.78, 5) is 16.5. The SMILES string of the molecule is Cl.Cl.O=C(NCC1CCN(Cc2cccs2)CC1)C1CC2CCCCC2N1. The van der Waals surface area contributed by atoms with Gasteiger partial charge in [0.2, 0.25) is 5.91 Å². The second-order valence-electron chi connectivity index (χ2n) is 8.15. The van der Waals surface area contributed by atoms with Gasteiger partial charge in [-0.15, -0.1) is 36.2 Å². The summed E-state index contributed by atoms with van der Waals surface area (Å²) >= 11 is 1.85. The molecular weight excluding hydrogens is 401 g/mol. The van der Waals surface area contributed by atoms with Crippen molar-refractivity contribution >= 4 is 42.1 Å². The normalized spacial score (nSPS) is 28.7. The third-order valence-corrected chi connectivity index (χ3v) is 7.27. The highest BCUT2D eigenvalue weighted by atomic mass is 35.5. The predicted octanol–water partition coefficient (Wildman–Crippen LogP) is 3.84. The van der Waals surface area contributed by atoms with E-state index in [1.807, 2.05) is 11.3 Å². The van der Waals surface area contributed by atoms with Crippen LogP contribution < -0.4 is 10.6 Å². The fourth-order valence-electron chi connectivity index (χ4n) is 4.86. The van der Waals surface area contributed by atoms with Crippen molar-refractivity contribution in [1.29, 1.82) is 0 Å². The van der Waals surface area contributed by atoms with Gasteiger partial charge in [-0.2, -0.15) is 0 Å². The molecule has 1 saturated carbocycles. The number of thiophene rings is 1. The second-order valence-corrected chi connectivity index (χ2v) is 9.18. The Morgan fingerprint density at radius 2 is 1.96 bits per heavy atom. The van der Waals surface area contributed by atoms with Crippen molar-refractivity contribution in [2.45, 2.75) is 63.6 Å². The average molecular weight is 434 g/mol. The summed E-state index contributed by atoms with van der Waals surface area (Å²) in [6.45, 7) is 4.26. The van der Waals surface area contributed by atoms with Crippen LogP contribution in [0.15, 0.2) is 17.5 Å². The van der Waals surface area contributed by atoms with Gasteiger partial charge in [0.25, 0.3) is 0 Å². The van der Waals surface area contributed by atoms with E-state index in [9.17, 15) is 4.79 Å². The highest BCUT2D eigenvalue weighted by molar-refractivity contribution is 7.09. The third kappa shape index (κ3) is 6.07. The Balaban J connectivity index is 0.00000131. The van der Waals surface area contributed by atoms with Crippen LogP contribution in [0.25, 0.3) is 0 Å². The van der Waals surface area contributed by atoms with Gasteiger partial charge >= 0.3 is 0 Å². The van der Waals surface area contributed by atoms with E-state index in [0.29, 0.717) is 12.0 Å². The van der Waals surface area contributed by atoms with Crippen LogP contribution in [-0.4, -0.2) is 42.5 Å². The first kappa shape index (κ1) is 23.0. The van der Waals surface area contributed by atoms with E-state index in [0.717, 1.165) is 38.5 Å². The molecule has 3 heterocycles. The first-order chi connectivity index (χ1) is 12.3. The van der Waals surface area contributed by atoms with Gasteiger partial charge in [0.05, 0.1) is 6.04 Å². The van der Waals surface area contributed by atoms with E-state index in [2.05, 4.69) is 33.0 Å². The fourth-order valence-corrected chi connectivity index (χ4v) is 5.61. The second kappa shape index (κ2) is 11.0. The Labute approximate surface area is 179 Å². The number of hydrogen-bond donors (Lipinski definition) is 2. The molecule has 1 aliphatic carbocycles. The summed E-state index contributed by atoms with van der Waals surface area (Å²) in [5, 5.41) is 9.00. The van der Waals surface area contributed by atoms with E-state index < -0.39 is 0 Å². The topological polar surface area (TPSA) is 44.4 Å². The Hall–Kier alpha value is -0.330. The van der Waals surface area contributed by atoms with Gasteiger partial charge in [-0.05, 0) is 68.5 Å². The minimum atomic E-state index is 0. The Bertz CT molecular complexity index is 550. The highest BCUT2D eigenvalue weighted by Gasteiger charge is 2.38. The largest absolute Gasteiger partial charge is 0.354 e. The van der Waals surface area contributed by atoms with Crippen molar-refractivity contribution < 1.29 is 4.79 Å². The first-order valence-corrected chi connectivity index (χ1v) is 10.9. The number of hydrogen-bond acceptors (Lipinski definition) is 4. The lowest BCUT2D eigenvalue weighted by Crippen LogP contribution is -2.45. The van der Waals surface area contributed by atoms with Crippen LogP contribution in [0.5, 0.6) is 0 Å². The molecule has 7 heteroatoms. The maximum Gasteiger partial charge on any atom is 0.237 e. The summed E-state index contributed by atoms with van der Waals surface area (Å²) in [5.41, 5.74) is 0. The van der Waals surface area contributed by atoms with Crippen LogP contribution in [0.3, 0.4) is 0 Å². The number of nitrogens with one attached hydrogen (secondary N) is 2. The van der Waals surface area contributed by atoms with Crippen molar-refractivity contribution in [3.05, 3.63) is 22.4 Å². The number of piperidine rings is 1. The monoisotopic (exact) mass is 433 g/mol. The van der Waals surface area contributed by atoms with E-state index in [-0.39, 0.29) is 36.8 Å². The molecule has 0 radical (unpaired) electrons. The molecule has 1 aromatic rings. The van der Waals surface area contributed by atoms with Gasteiger partial charge < -0.3 is 10.6 Å². The van der Waals surface area contributed by atoms with Gasteiger partial charge in [-0.1, -0.05) is 18.9 Å². The molecule has 3 atom stereocenters. The van der Waals surface area contributed by atoms with E-state index in [1.165, 1.54) is 43.4 Å². The number of halogens is 2. The molecule has 154 valence electrons. The van der Waals surface area contributed by atoms with E-state index >= 15 is 0 Å². The highest BCUT2D eigenvalue weighted by Crippen LogP contribution is 2.33. The molecule has 3 aliphatic rings. The molecule has 0 bridgehead atoms. The Morgan fingerprint density at radius 3 is 2.67 bits per heavy atom. The van der Waals surface area contributed by atoms with E-state index in [1.54, 1.807) is 0 Å². The number of carbonyl (C=O) groups excluding carboxylic acids is 1. The molecule has 0 spiro atoms. The number of amides is 1. The molecule has 1 amide bonds. The molecule has 2 N–H and O–H groups in total. The Morgan fingerprint density at radius 1 is 1.19 bits per heavy atom. The molecule has 4 rings (SSSR count). The summed E-state index contributed by atoms with van der Waals surface area (Å²) < 4.78 is 0. The third-order valence-electron chi connectivity index (χ3n) is 6.41. The molecule has 3 unspecified atom stereocenters. The average Bonchev–Trinajstić information content (AvgIpc) is 3.30. The minimum Gasteiger partial charge on any atom is -0.354 e. The zero-order chi connectivity index (χ0) is 17.1. The quantitative estimate of drug-likeness (QED) is 0.740. The number of likely N-dealkylation sites (tertiary alicyclic amines) is 1. The van der Waals surface area contributed by atoms with Crippen LogP contribution in [0.2, 0.25) is 0 Å². The van der Waals surface area contributed by atoms with Gasteiger partial charge in [-0.3, -0.25) is 9.69 Å². The van der Waals surface area contributed by atoms with Gasteiger partial charge in [0, 0.05) is 24.0 Å². The van der Waals surface area contributed by atoms with Crippen LogP contribution in [0, 0.1) is 11.8 Å². The molecule has 2 saturated heterocycles. The maximum atomic E-state index is 12.5. The predicted molar refractivity (Wildman–Crippen MR) is 117 cm³/mol. The summed E-state index contributed by atoms with van der Waals surface area (Å²) in [5.74, 6) is 1.63. The molecule has 2 aliphatic heterocycles. The lowest BCUT2D eigenvalue weighted by atomic mass is 9.85. The molecule has 0 aromatic carbocycles. The molecule has 1 aromatic heterocycles. The summed E-state index contributed by atoms with van der Waals surface area (Å²) in [7, 11) is 0. The smallest absolute Gasteiger partial charge is 0.237 e. The number of rotatable bonds is 5. The molecule has 3 fully saturated rings. The number of carbonyl (C=O) groups is 1. The zero-order valence-corrected chi connectivity index (χ0v) is 18.3. The van der Waals surface area contributed by atoms with Gasteiger partial charge in [-0.25, -0.2) is 0 Å². The first-order valence-electron chi connectivity index (χ1n) is 10.1. The molecule has 27 heavy (non-hydrogen) atoms. The number of fused-ring (bicyclic) bond motifs is 1. The zero-order valence-electron chi connectivity index (χ0n) is 15.9. The van der Waals surface area contributed by atoms with Crippen LogP contribution >= 0.6 is 36.2 Å². The lowest BCUT2D eigenvalue weighted by molar-refractivity contribution is -0.123. The lowest BCUT2D eigenvalue weighted by Gasteiger charge is -2.31. The van der Waals surface area contributed by atoms with Gasteiger partial charge in [0.1, 0.15) is 0 Å². The number of nitrogens with zero attached hydrogens (tertiary/aromatic N) is 1. The fraction of sp³-hybridized carbons (Fsp3) is 0.750. The molecule has 4 nitrogen and oxygen atoms in total.